The molecule has 1 nitrogen and oxygen atoms in total. The first-order valence-electron chi connectivity index (χ1n) is 12.4. The second-order valence-electron chi connectivity index (χ2n) is 9.83. The summed E-state index contributed by atoms with van der Waals surface area (Å²) in [6.45, 7) is 4.44. The summed E-state index contributed by atoms with van der Waals surface area (Å²) in [6, 6.07) is 23.7. The molecule has 5 aromatic rings. The van der Waals surface area contributed by atoms with Crippen molar-refractivity contribution in [3.63, 3.8) is 0 Å². The maximum atomic E-state index is 11.2. The van der Waals surface area contributed by atoms with Gasteiger partial charge < -0.3 is 5.11 Å². The molecule has 0 aliphatic heterocycles. The fraction of sp³-hybridized carbons (Fsp3) is 0.188. The van der Waals surface area contributed by atoms with E-state index in [1.54, 1.807) is 11.3 Å². The van der Waals surface area contributed by atoms with Gasteiger partial charge in [0.2, 0.25) is 0 Å². The van der Waals surface area contributed by atoms with E-state index in [0.717, 1.165) is 33.9 Å². The molecule has 2 aliphatic carbocycles. The van der Waals surface area contributed by atoms with Crippen LogP contribution in [-0.2, 0) is 0 Å². The Balaban J connectivity index is 1.41. The van der Waals surface area contributed by atoms with Crippen LogP contribution in [0.2, 0.25) is 4.34 Å². The zero-order chi connectivity index (χ0) is 24.6. The summed E-state index contributed by atoms with van der Waals surface area (Å²) in [5.41, 5.74) is 11.3. The van der Waals surface area contributed by atoms with Crippen LogP contribution in [0.25, 0.3) is 43.5 Å². The third-order valence-corrected chi connectivity index (χ3v) is 10.1. The molecule has 0 bridgehead atoms. The highest BCUT2D eigenvalue weighted by molar-refractivity contribution is 7.16. The van der Waals surface area contributed by atoms with Crippen LogP contribution < -0.4 is 0 Å². The van der Waals surface area contributed by atoms with Crippen LogP contribution in [0.5, 0.6) is 0 Å². The van der Waals surface area contributed by atoms with Crippen molar-refractivity contribution in [3.8, 4) is 21.6 Å². The molecule has 1 atom stereocenters. The molecule has 1 unspecified atom stereocenters. The third-order valence-electron chi connectivity index (χ3n) is 7.85. The van der Waals surface area contributed by atoms with E-state index < -0.39 is 6.10 Å². The van der Waals surface area contributed by atoms with Crippen molar-refractivity contribution in [2.45, 2.75) is 39.2 Å². The zero-order valence-electron chi connectivity index (χ0n) is 20.2. The number of aryl methyl sites for hydroxylation is 2. The first-order valence-corrected chi connectivity index (χ1v) is 14.4. The van der Waals surface area contributed by atoms with Gasteiger partial charge in [0.25, 0.3) is 0 Å². The van der Waals surface area contributed by atoms with Crippen molar-refractivity contribution < 1.29 is 5.11 Å². The first-order chi connectivity index (χ1) is 17.5. The van der Waals surface area contributed by atoms with Crippen molar-refractivity contribution in [1.82, 2.24) is 0 Å². The van der Waals surface area contributed by atoms with E-state index >= 15 is 0 Å². The van der Waals surface area contributed by atoms with Gasteiger partial charge >= 0.3 is 0 Å². The predicted octanol–water partition coefficient (Wildman–Crippen LogP) is 10.1. The van der Waals surface area contributed by atoms with Gasteiger partial charge in [0.1, 0.15) is 6.10 Å². The molecular weight excluding hydrogens is 500 g/mol. The zero-order valence-corrected chi connectivity index (χ0v) is 22.6. The topological polar surface area (TPSA) is 20.2 Å². The van der Waals surface area contributed by atoms with E-state index in [1.165, 1.54) is 65.2 Å². The third kappa shape index (κ3) is 3.30. The number of rotatable bonds is 3. The van der Waals surface area contributed by atoms with Gasteiger partial charge in [-0.15, -0.1) is 22.7 Å². The number of aliphatic hydroxyl groups is 1. The first kappa shape index (κ1) is 22.5. The summed E-state index contributed by atoms with van der Waals surface area (Å²) in [5, 5.41) is 13.6. The molecule has 2 heterocycles. The monoisotopic (exact) mass is 524 g/mol. The fourth-order valence-electron chi connectivity index (χ4n) is 6.25. The summed E-state index contributed by atoms with van der Waals surface area (Å²) >= 11 is 9.93. The van der Waals surface area contributed by atoms with Crippen LogP contribution in [0.4, 0.5) is 0 Å². The second kappa shape index (κ2) is 8.43. The Morgan fingerprint density at radius 3 is 2.19 bits per heavy atom. The van der Waals surface area contributed by atoms with Crippen molar-refractivity contribution >= 4 is 56.2 Å². The van der Waals surface area contributed by atoms with Crippen LogP contribution in [0.3, 0.4) is 0 Å². The lowest BCUT2D eigenvalue weighted by Crippen LogP contribution is -2.08. The van der Waals surface area contributed by atoms with Crippen molar-refractivity contribution in [2.75, 3.05) is 0 Å². The van der Waals surface area contributed by atoms with Gasteiger partial charge in [-0.25, -0.2) is 0 Å². The summed E-state index contributed by atoms with van der Waals surface area (Å²) in [5.74, 6) is 0. The number of hydrogen-bond donors (Lipinski definition) is 1. The van der Waals surface area contributed by atoms with Crippen LogP contribution >= 0.6 is 34.3 Å². The Labute approximate surface area is 224 Å². The van der Waals surface area contributed by atoms with Crippen LogP contribution in [0.1, 0.15) is 57.4 Å². The number of fused-ring (bicyclic) bond motifs is 2. The Morgan fingerprint density at radius 2 is 1.42 bits per heavy atom. The van der Waals surface area contributed by atoms with Gasteiger partial charge in [-0.3, -0.25) is 0 Å². The number of allylic oxidation sites excluding steroid dienone is 2. The smallest absolute Gasteiger partial charge is 0.105 e. The molecule has 0 saturated carbocycles. The molecule has 0 saturated heterocycles. The maximum Gasteiger partial charge on any atom is 0.105 e. The van der Waals surface area contributed by atoms with Crippen LogP contribution in [0.15, 0.2) is 66.7 Å². The molecule has 178 valence electrons. The lowest BCUT2D eigenvalue weighted by Gasteiger charge is -2.26. The highest BCUT2D eigenvalue weighted by Gasteiger charge is 2.27. The van der Waals surface area contributed by atoms with Gasteiger partial charge in [-0.1, -0.05) is 66.2 Å². The molecular formula is C32H25ClOS2. The Kier molecular flexibility index (Phi) is 5.27. The quantitative estimate of drug-likeness (QED) is 0.249. The summed E-state index contributed by atoms with van der Waals surface area (Å²) in [7, 11) is 0. The maximum absolute atomic E-state index is 11.2. The number of hydrogen-bond acceptors (Lipinski definition) is 3. The molecule has 0 fully saturated rings. The molecule has 2 aromatic heterocycles. The van der Waals surface area contributed by atoms with Crippen molar-refractivity contribution in [2.24, 2.45) is 0 Å². The van der Waals surface area contributed by atoms with Gasteiger partial charge in [0, 0.05) is 14.6 Å². The van der Waals surface area contributed by atoms with Crippen molar-refractivity contribution in [1.29, 1.82) is 0 Å². The second-order valence-corrected chi connectivity index (χ2v) is 13.0. The van der Waals surface area contributed by atoms with E-state index in [4.69, 9.17) is 11.6 Å². The average Bonchev–Trinajstić information content (AvgIpc) is 3.59. The molecule has 0 amide bonds. The summed E-state index contributed by atoms with van der Waals surface area (Å²) < 4.78 is 0.872. The number of aliphatic hydroxyl groups excluding tert-OH is 1. The lowest BCUT2D eigenvalue weighted by molar-refractivity contribution is 0.221. The number of halogens is 1. The molecule has 2 aliphatic rings. The fourth-order valence-corrected chi connectivity index (χ4v) is 8.55. The Bertz CT molecular complexity index is 1720. The molecule has 1 N–H and O–H groups in total. The van der Waals surface area contributed by atoms with E-state index in [-0.39, 0.29) is 0 Å². The highest BCUT2D eigenvalue weighted by Crippen LogP contribution is 2.50. The number of benzene rings is 3. The standard InChI is InChI=1S/C32H25ClOS2/c1-17-27(19-9-5-10-20(19)28-16-30(33)36-18(28)2)15-29(35-17)22-13-14-24-21-7-3-4-8-25(21)32(34)26-12-6-11-23(22)31(24)26/h3-4,6-8,11-16,32,34H,5,9-10H2,1-2H3. The minimum absolute atomic E-state index is 0.597. The van der Waals surface area contributed by atoms with E-state index in [1.807, 2.05) is 23.5 Å². The molecule has 3 aromatic carbocycles. The Hall–Kier alpha value is -2.69. The van der Waals surface area contributed by atoms with Crippen LogP contribution in [-0.4, -0.2) is 5.11 Å². The predicted molar refractivity (Wildman–Crippen MR) is 156 cm³/mol. The molecule has 36 heavy (non-hydrogen) atoms. The van der Waals surface area contributed by atoms with Gasteiger partial charge in [-0.05, 0) is 106 Å². The largest absolute Gasteiger partial charge is 0.384 e. The van der Waals surface area contributed by atoms with Crippen molar-refractivity contribution in [3.05, 3.63) is 103 Å². The molecule has 0 spiro atoms. The lowest BCUT2D eigenvalue weighted by atomic mass is 9.81. The minimum atomic E-state index is -0.597. The summed E-state index contributed by atoms with van der Waals surface area (Å²) in [6.07, 6.45) is 2.83. The van der Waals surface area contributed by atoms with Crippen LogP contribution in [0, 0.1) is 13.8 Å². The normalized spacial score (nSPS) is 16.7. The van der Waals surface area contributed by atoms with Gasteiger partial charge in [-0.2, -0.15) is 0 Å². The number of thiophene rings is 2. The van der Waals surface area contributed by atoms with E-state index in [2.05, 4.69) is 68.4 Å². The molecule has 4 heteroatoms. The minimum Gasteiger partial charge on any atom is -0.384 e. The van der Waals surface area contributed by atoms with Gasteiger partial charge in [0.15, 0.2) is 0 Å². The van der Waals surface area contributed by atoms with E-state index in [0.29, 0.717) is 0 Å². The Morgan fingerprint density at radius 1 is 0.722 bits per heavy atom. The molecule has 0 radical (unpaired) electrons. The summed E-state index contributed by atoms with van der Waals surface area (Å²) in [4.78, 5) is 3.97. The highest BCUT2D eigenvalue weighted by atomic mass is 35.5. The SMILES string of the molecule is Cc1sc(Cl)cc1C1=C(c2cc(-c3ccc4c5c(cccc35)C(O)c3ccccc3-4)sc2C)CCC1. The van der Waals surface area contributed by atoms with Gasteiger partial charge in [0.05, 0.1) is 4.34 Å². The average molecular weight is 525 g/mol. The van der Waals surface area contributed by atoms with E-state index in [9.17, 15) is 5.11 Å². The molecule has 7 rings (SSSR count).